The van der Waals surface area contributed by atoms with Crippen LogP contribution in [0.2, 0.25) is 0 Å². The quantitative estimate of drug-likeness (QED) is 0.550. The fraction of sp³-hybridized carbons (Fsp3) is 1.00. The molecule has 0 saturated heterocycles. The van der Waals surface area contributed by atoms with E-state index in [1.807, 2.05) is 0 Å². The molecular weight excluding hydrogens is 218 g/mol. The van der Waals surface area contributed by atoms with Crippen molar-refractivity contribution in [3.8, 4) is 0 Å². The van der Waals surface area contributed by atoms with Gasteiger partial charge in [-0.1, -0.05) is 52.4 Å². The predicted molar refractivity (Wildman–Crippen MR) is 82.0 cm³/mol. The van der Waals surface area contributed by atoms with Crippen molar-refractivity contribution in [1.82, 2.24) is 5.32 Å². The summed E-state index contributed by atoms with van der Waals surface area (Å²) < 4.78 is 0. The second-order valence-electron chi connectivity index (χ2n) is 6.40. The van der Waals surface area contributed by atoms with Crippen LogP contribution in [0.25, 0.3) is 0 Å². The van der Waals surface area contributed by atoms with Crippen LogP contribution in [0.1, 0.15) is 91.4 Å². The molecule has 0 spiro atoms. The number of hydrogen-bond donors (Lipinski definition) is 1. The molecule has 1 heteroatoms. The van der Waals surface area contributed by atoms with Gasteiger partial charge in [-0.2, -0.15) is 0 Å². The molecule has 18 heavy (non-hydrogen) atoms. The lowest BCUT2D eigenvalue weighted by Gasteiger charge is -2.30. The van der Waals surface area contributed by atoms with Crippen LogP contribution in [0.3, 0.4) is 0 Å². The van der Waals surface area contributed by atoms with Crippen LogP contribution >= 0.6 is 0 Å². The summed E-state index contributed by atoms with van der Waals surface area (Å²) in [6.45, 7) is 7.01. The molecule has 0 aliphatic heterocycles. The van der Waals surface area contributed by atoms with Gasteiger partial charge in [-0.05, 0) is 44.9 Å². The van der Waals surface area contributed by atoms with Gasteiger partial charge >= 0.3 is 0 Å². The van der Waals surface area contributed by atoms with E-state index in [2.05, 4.69) is 26.1 Å². The molecule has 1 N–H and O–H groups in total. The van der Waals surface area contributed by atoms with Crippen LogP contribution in [0.5, 0.6) is 0 Å². The SMILES string of the molecule is CCCCCCCC(C)NC1CCC(CC)CC1. The third-order valence-corrected chi connectivity index (χ3v) is 4.69. The summed E-state index contributed by atoms with van der Waals surface area (Å²) in [5, 5.41) is 3.85. The van der Waals surface area contributed by atoms with E-state index in [1.54, 1.807) is 0 Å². The van der Waals surface area contributed by atoms with Crippen molar-refractivity contribution < 1.29 is 0 Å². The summed E-state index contributed by atoms with van der Waals surface area (Å²) in [6, 6.07) is 1.55. The van der Waals surface area contributed by atoms with E-state index >= 15 is 0 Å². The number of rotatable bonds is 9. The lowest BCUT2D eigenvalue weighted by molar-refractivity contribution is 0.267. The molecule has 108 valence electrons. The number of unbranched alkanes of at least 4 members (excludes halogenated alkanes) is 4. The van der Waals surface area contributed by atoms with Crippen molar-refractivity contribution in [2.45, 2.75) is 103 Å². The Hall–Kier alpha value is -0.0400. The molecule has 1 atom stereocenters. The van der Waals surface area contributed by atoms with Crippen LogP contribution in [0.15, 0.2) is 0 Å². The van der Waals surface area contributed by atoms with Crippen molar-refractivity contribution in [3.63, 3.8) is 0 Å². The van der Waals surface area contributed by atoms with Gasteiger partial charge in [0.15, 0.2) is 0 Å². The summed E-state index contributed by atoms with van der Waals surface area (Å²) >= 11 is 0. The molecule has 0 aromatic heterocycles. The molecule has 0 amide bonds. The summed E-state index contributed by atoms with van der Waals surface area (Å²) in [5.41, 5.74) is 0. The fourth-order valence-corrected chi connectivity index (χ4v) is 3.28. The molecule has 0 heterocycles. The average Bonchev–Trinajstić information content (AvgIpc) is 2.39. The molecule has 0 radical (unpaired) electrons. The molecule has 1 aliphatic carbocycles. The van der Waals surface area contributed by atoms with Crippen molar-refractivity contribution >= 4 is 0 Å². The third kappa shape index (κ3) is 6.78. The first-order chi connectivity index (χ1) is 8.76. The zero-order chi connectivity index (χ0) is 13.2. The topological polar surface area (TPSA) is 12.0 Å². The van der Waals surface area contributed by atoms with E-state index in [-0.39, 0.29) is 0 Å². The average molecular weight is 253 g/mol. The Morgan fingerprint density at radius 2 is 1.61 bits per heavy atom. The van der Waals surface area contributed by atoms with Crippen LogP contribution in [-0.4, -0.2) is 12.1 Å². The first-order valence-corrected chi connectivity index (χ1v) is 8.52. The van der Waals surface area contributed by atoms with Gasteiger partial charge in [0.25, 0.3) is 0 Å². The molecule has 0 aromatic carbocycles. The van der Waals surface area contributed by atoms with Crippen LogP contribution in [0, 0.1) is 5.92 Å². The minimum Gasteiger partial charge on any atom is -0.312 e. The molecule has 1 rings (SSSR count). The number of hydrogen-bond acceptors (Lipinski definition) is 1. The van der Waals surface area contributed by atoms with Crippen molar-refractivity contribution in [2.24, 2.45) is 5.92 Å². The third-order valence-electron chi connectivity index (χ3n) is 4.69. The van der Waals surface area contributed by atoms with Gasteiger partial charge in [-0.3, -0.25) is 0 Å². The van der Waals surface area contributed by atoms with Crippen molar-refractivity contribution in [3.05, 3.63) is 0 Å². The summed E-state index contributed by atoms with van der Waals surface area (Å²) in [4.78, 5) is 0. The molecule has 1 aliphatic rings. The summed E-state index contributed by atoms with van der Waals surface area (Å²) in [6.07, 6.45) is 15.6. The Bertz CT molecular complexity index is 182. The fourth-order valence-electron chi connectivity index (χ4n) is 3.28. The maximum absolute atomic E-state index is 3.85. The predicted octanol–water partition coefficient (Wildman–Crippen LogP) is 5.29. The zero-order valence-electron chi connectivity index (χ0n) is 13.0. The maximum atomic E-state index is 3.85. The van der Waals surface area contributed by atoms with Crippen LogP contribution in [-0.2, 0) is 0 Å². The van der Waals surface area contributed by atoms with Crippen LogP contribution < -0.4 is 5.32 Å². The molecule has 0 bridgehead atoms. The Labute approximate surface area is 115 Å². The van der Waals surface area contributed by atoms with Gasteiger partial charge in [0, 0.05) is 12.1 Å². The molecule has 1 unspecified atom stereocenters. The highest BCUT2D eigenvalue weighted by Gasteiger charge is 2.20. The summed E-state index contributed by atoms with van der Waals surface area (Å²) in [5.74, 6) is 1.02. The van der Waals surface area contributed by atoms with E-state index < -0.39 is 0 Å². The molecule has 0 aromatic rings. The van der Waals surface area contributed by atoms with Gasteiger partial charge in [0.05, 0.1) is 0 Å². The molecular formula is C17H35N. The summed E-state index contributed by atoms with van der Waals surface area (Å²) in [7, 11) is 0. The second kappa shape index (κ2) is 9.83. The first-order valence-electron chi connectivity index (χ1n) is 8.52. The lowest BCUT2D eigenvalue weighted by atomic mass is 9.84. The van der Waals surface area contributed by atoms with E-state index in [1.165, 1.54) is 70.6 Å². The largest absolute Gasteiger partial charge is 0.312 e. The highest BCUT2D eigenvalue weighted by molar-refractivity contribution is 4.78. The lowest BCUT2D eigenvalue weighted by Crippen LogP contribution is -2.39. The van der Waals surface area contributed by atoms with Gasteiger partial charge in [-0.25, -0.2) is 0 Å². The normalized spacial score (nSPS) is 26.2. The highest BCUT2D eigenvalue weighted by atomic mass is 14.9. The Balaban J connectivity index is 2.00. The zero-order valence-corrected chi connectivity index (χ0v) is 13.0. The maximum Gasteiger partial charge on any atom is 0.00697 e. The first kappa shape index (κ1) is 16.0. The highest BCUT2D eigenvalue weighted by Crippen LogP contribution is 2.26. The van der Waals surface area contributed by atoms with Crippen molar-refractivity contribution in [1.29, 1.82) is 0 Å². The smallest absolute Gasteiger partial charge is 0.00697 e. The van der Waals surface area contributed by atoms with E-state index in [0.717, 1.165) is 18.0 Å². The van der Waals surface area contributed by atoms with Gasteiger partial charge in [0.2, 0.25) is 0 Å². The van der Waals surface area contributed by atoms with E-state index in [0.29, 0.717) is 0 Å². The number of nitrogens with one attached hydrogen (secondary N) is 1. The Morgan fingerprint density at radius 1 is 0.944 bits per heavy atom. The van der Waals surface area contributed by atoms with E-state index in [4.69, 9.17) is 0 Å². The van der Waals surface area contributed by atoms with Gasteiger partial charge in [-0.15, -0.1) is 0 Å². The Kier molecular flexibility index (Phi) is 8.75. The standard InChI is InChI=1S/C17H35N/c1-4-6-7-8-9-10-15(3)18-17-13-11-16(5-2)12-14-17/h15-18H,4-14H2,1-3H3. The van der Waals surface area contributed by atoms with Crippen LogP contribution in [0.4, 0.5) is 0 Å². The van der Waals surface area contributed by atoms with E-state index in [9.17, 15) is 0 Å². The van der Waals surface area contributed by atoms with Gasteiger partial charge in [0.1, 0.15) is 0 Å². The Morgan fingerprint density at radius 3 is 2.22 bits per heavy atom. The second-order valence-corrected chi connectivity index (χ2v) is 6.40. The van der Waals surface area contributed by atoms with Crippen molar-refractivity contribution in [2.75, 3.05) is 0 Å². The minimum atomic E-state index is 0.731. The molecule has 1 saturated carbocycles. The molecule has 1 fully saturated rings. The molecule has 1 nitrogen and oxygen atoms in total. The monoisotopic (exact) mass is 253 g/mol. The van der Waals surface area contributed by atoms with Gasteiger partial charge < -0.3 is 5.32 Å². The minimum absolute atomic E-state index is 0.731.